The smallest absolute Gasteiger partial charge is 0.177 e. The Morgan fingerprint density at radius 1 is 1.28 bits per heavy atom. The summed E-state index contributed by atoms with van der Waals surface area (Å²) in [4.78, 5) is 9.68. The van der Waals surface area contributed by atoms with Crippen LogP contribution in [0, 0.1) is 23.7 Å². The Kier molecular flexibility index (Phi) is 26.8. The average Bonchev–Trinajstić information content (AvgIpc) is 3.05. The van der Waals surface area contributed by atoms with Gasteiger partial charge in [0.2, 0.25) is 0 Å². The van der Waals surface area contributed by atoms with E-state index in [1.165, 1.54) is 12.8 Å². The maximum absolute atomic E-state index is 9.68. The van der Waals surface area contributed by atoms with Gasteiger partial charge in [-0.3, -0.25) is 4.21 Å². The number of allylic oxidation sites excluding steroid dienone is 2. The molecule has 0 fully saturated rings. The Hall–Kier alpha value is -2.12. The van der Waals surface area contributed by atoms with E-state index in [1.807, 2.05) is 6.08 Å². The van der Waals surface area contributed by atoms with E-state index in [-0.39, 0.29) is 6.15 Å². The van der Waals surface area contributed by atoms with E-state index in [0.717, 1.165) is 31.8 Å². The van der Waals surface area contributed by atoms with Crippen LogP contribution in [0.2, 0.25) is 0 Å². The van der Waals surface area contributed by atoms with Crippen LogP contribution in [0.3, 0.4) is 0 Å². The lowest BCUT2D eigenvalue weighted by Crippen LogP contribution is -1.73. The first-order valence-corrected chi connectivity index (χ1v) is 9.21. The van der Waals surface area contributed by atoms with Crippen molar-refractivity contribution in [3.05, 3.63) is 36.3 Å². The zero-order valence-electron chi connectivity index (χ0n) is 15.2. The Bertz CT molecular complexity index is 568. The van der Waals surface area contributed by atoms with E-state index >= 15 is 0 Å². The highest BCUT2D eigenvalue weighted by Crippen LogP contribution is 1.95. The minimum atomic E-state index is -1.86. The van der Waals surface area contributed by atoms with E-state index in [1.54, 1.807) is 24.5 Å². The van der Waals surface area contributed by atoms with Gasteiger partial charge in [0.15, 0.2) is 5.76 Å². The van der Waals surface area contributed by atoms with E-state index in [0.29, 0.717) is 5.76 Å². The normalized spacial score (nSPS) is 9.44. The molecule has 0 bridgehead atoms. The van der Waals surface area contributed by atoms with Gasteiger partial charge < -0.3 is 19.9 Å². The second-order valence-electron chi connectivity index (χ2n) is 4.37. The molecule has 1 heterocycles. The molecule has 3 N–H and O–H groups in total. The standard InChI is InChI=1S/C12H10O.C6H12O.CH4O2S.H3N/c1-2-3-4-5-6-7-9-12-10-8-11-13-12;1-2-3-4-5-6-7;1-4(2)3;/h3-4,8,10-11H,2H2,1H3;6H,2-5H2,1H3;1H3,(H,2,3);1H3/p-1/b4-3-;;;. The average molecular weight is 367 g/mol. The maximum atomic E-state index is 9.68. The van der Waals surface area contributed by atoms with E-state index in [4.69, 9.17) is 13.2 Å². The predicted molar refractivity (Wildman–Crippen MR) is 103 cm³/mol. The van der Waals surface area contributed by atoms with Gasteiger partial charge in [0.05, 0.1) is 6.26 Å². The summed E-state index contributed by atoms with van der Waals surface area (Å²) >= 11 is -1.86. The molecule has 0 amide bonds. The lowest BCUT2D eigenvalue weighted by molar-refractivity contribution is -0.107. The highest BCUT2D eigenvalue weighted by Gasteiger charge is 1.83. The quantitative estimate of drug-likeness (QED) is 0.366. The molecule has 0 aromatic carbocycles. The molecular weight excluding hydrogens is 338 g/mol. The third-order valence-electron chi connectivity index (χ3n) is 2.20. The van der Waals surface area contributed by atoms with Gasteiger partial charge in [0.1, 0.15) is 6.29 Å². The molecule has 5 nitrogen and oxygen atoms in total. The van der Waals surface area contributed by atoms with Gasteiger partial charge >= 0.3 is 0 Å². The third-order valence-corrected chi connectivity index (χ3v) is 2.20. The summed E-state index contributed by atoms with van der Waals surface area (Å²) in [5.41, 5.74) is 0. The molecule has 1 aromatic heterocycles. The summed E-state index contributed by atoms with van der Waals surface area (Å²) in [7, 11) is 0. The van der Waals surface area contributed by atoms with Gasteiger partial charge in [-0.1, -0.05) is 49.8 Å². The van der Waals surface area contributed by atoms with Gasteiger partial charge in [-0.15, -0.1) is 0 Å². The molecule has 0 aliphatic rings. The Morgan fingerprint density at radius 2 is 1.96 bits per heavy atom. The maximum Gasteiger partial charge on any atom is 0.177 e. The number of aldehydes is 1. The molecule has 0 saturated heterocycles. The predicted octanol–water partition coefficient (Wildman–Crippen LogP) is 4.02. The summed E-state index contributed by atoms with van der Waals surface area (Å²) in [6, 6.07) is 3.60. The number of hydrogen-bond donors (Lipinski definition) is 1. The number of carbonyl (C=O) groups excluding carboxylic acids is 1. The minimum Gasteiger partial charge on any atom is -0.773 e. The Labute approximate surface area is 154 Å². The number of hydrogen-bond acceptors (Lipinski definition) is 5. The lowest BCUT2D eigenvalue weighted by Gasteiger charge is -1.85. The van der Waals surface area contributed by atoms with Crippen LogP contribution in [0.1, 0.15) is 51.7 Å². The summed E-state index contributed by atoms with van der Waals surface area (Å²) in [5, 5.41) is 0. The van der Waals surface area contributed by atoms with Gasteiger partial charge in [-0.2, -0.15) is 0 Å². The number of rotatable bonds is 5. The minimum absolute atomic E-state index is 0. The van der Waals surface area contributed by atoms with Crippen molar-refractivity contribution in [2.45, 2.75) is 46.0 Å². The first kappa shape index (κ1) is 27.7. The summed E-state index contributed by atoms with van der Waals surface area (Å²) in [6.45, 7) is 4.19. The number of furan rings is 1. The van der Waals surface area contributed by atoms with Crippen LogP contribution in [-0.2, 0) is 15.9 Å². The molecule has 1 atom stereocenters. The van der Waals surface area contributed by atoms with Gasteiger partial charge in [-0.25, -0.2) is 0 Å². The molecule has 0 aliphatic heterocycles. The SMILES string of the molecule is CC/C=C\C#CC#Cc1ccco1.CCCCCC=O.CS(=O)[O-].N. The molecule has 140 valence electrons. The van der Waals surface area contributed by atoms with E-state index in [9.17, 15) is 4.79 Å². The first-order chi connectivity index (χ1) is 11.6. The fourth-order valence-corrected chi connectivity index (χ4v) is 1.17. The van der Waals surface area contributed by atoms with Crippen molar-refractivity contribution >= 4 is 17.4 Å². The molecular formula is C19H28NO4S-. The molecule has 1 aromatic rings. The highest BCUT2D eigenvalue weighted by atomic mass is 32.2. The zero-order valence-corrected chi connectivity index (χ0v) is 16.1. The van der Waals surface area contributed by atoms with Crippen LogP contribution in [0.4, 0.5) is 0 Å². The number of carbonyl (C=O) groups is 1. The molecule has 6 heteroatoms. The van der Waals surface area contributed by atoms with Gasteiger partial charge in [-0.05, 0) is 55.1 Å². The second kappa shape index (κ2) is 24.1. The van der Waals surface area contributed by atoms with Crippen LogP contribution < -0.4 is 6.15 Å². The molecule has 0 spiro atoms. The monoisotopic (exact) mass is 366 g/mol. The van der Waals surface area contributed by atoms with E-state index in [2.05, 4.69) is 37.5 Å². The van der Waals surface area contributed by atoms with Crippen molar-refractivity contribution in [2.24, 2.45) is 0 Å². The van der Waals surface area contributed by atoms with Crippen molar-refractivity contribution in [1.82, 2.24) is 6.15 Å². The van der Waals surface area contributed by atoms with Crippen LogP contribution in [0.25, 0.3) is 0 Å². The zero-order chi connectivity index (χ0) is 18.5. The van der Waals surface area contributed by atoms with Crippen molar-refractivity contribution < 1.29 is 18.0 Å². The lowest BCUT2D eigenvalue weighted by atomic mass is 10.2. The van der Waals surface area contributed by atoms with Crippen LogP contribution in [0.15, 0.2) is 35.0 Å². The Balaban J connectivity index is -0.000000343. The topological polar surface area (TPSA) is 105 Å². The van der Waals surface area contributed by atoms with Gasteiger partial charge in [0.25, 0.3) is 0 Å². The molecule has 0 aliphatic carbocycles. The molecule has 25 heavy (non-hydrogen) atoms. The van der Waals surface area contributed by atoms with E-state index < -0.39 is 11.1 Å². The largest absolute Gasteiger partial charge is 0.773 e. The molecule has 0 radical (unpaired) electrons. The van der Waals surface area contributed by atoms with Crippen molar-refractivity contribution in [3.63, 3.8) is 0 Å². The fourth-order valence-electron chi connectivity index (χ4n) is 1.17. The van der Waals surface area contributed by atoms with Crippen molar-refractivity contribution in [3.8, 4) is 23.7 Å². The number of unbranched alkanes of at least 4 members (excludes halogenated alkanes) is 3. The summed E-state index contributed by atoms with van der Waals surface area (Å²) < 4.78 is 23.0. The Morgan fingerprint density at radius 3 is 2.44 bits per heavy atom. The van der Waals surface area contributed by atoms with Crippen molar-refractivity contribution in [2.75, 3.05) is 6.26 Å². The molecule has 1 rings (SSSR count). The van der Waals surface area contributed by atoms with Gasteiger partial charge in [0, 0.05) is 6.42 Å². The first-order valence-electron chi connectivity index (χ1n) is 7.73. The summed E-state index contributed by atoms with van der Waals surface area (Å²) in [6.07, 6.45) is 12.7. The molecule has 1 unspecified atom stereocenters. The highest BCUT2D eigenvalue weighted by molar-refractivity contribution is 7.78. The van der Waals surface area contributed by atoms with Crippen LogP contribution >= 0.6 is 0 Å². The third kappa shape index (κ3) is 30.3. The summed E-state index contributed by atoms with van der Waals surface area (Å²) in [5.74, 6) is 11.6. The molecule has 0 saturated carbocycles. The van der Waals surface area contributed by atoms with Crippen LogP contribution in [-0.4, -0.2) is 21.3 Å². The second-order valence-corrected chi connectivity index (χ2v) is 5.17. The van der Waals surface area contributed by atoms with Crippen molar-refractivity contribution in [1.29, 1.82) is 0 Å². The van der Waals surface area contributed by atoms with Crippen LogP contribution in [0.5, 0.6) is 0 Å². The fraction of sp³-hybridized carbons (Fsp3) is 0.421.